The average molecular weight is 116 g/mol. The van der Waals surface area contributed by atoms with Crippen molar-refractivity contribution in [1.82, 2.24) is 0 Å². The topological polar surface area (TPSA) is 56.1 Å². The molecule has 3 nitrogen and oxygen atoms in total. The first kappa shape index (κ1) is 7.43. The van der Waals surface area contributed by atoms with Crippen molar-refractivity contribution >= 4 is 5.90 Å². The predicted molar refractivity (Wildman–Crippen MR) is 28.8 cm³/mol. The quantitative estimate of drug-likeness (QED) is 0.408. The van der Waals surface area contributed by atoms with Crippen LogP contribution < -0.4 is 5.11 Å². The number of ether oxygens (including phenoxy) is 1. The smallest absolute Gasteiger partial charge is 0.0744 e. The van der Waals surface area contributed by atoms with Crippen LogP contribution in [0.4, 0.5) is 0 Å². The minimum absolute atomic E-state index is 0.0456. The Balaban J connectivity index is 3.05. The van der Waals surface area contributed by atoms with Crippen LogP contribution >= 0.6 is 0 Å². The van der Waals surface area contributed by atoms with Crippen molar-refractivity contribution in [3.05, 3.63) is 0 Å². The largest absolute Gasteiger partial charge is 0.861 e. The molecular formula is C5H10NO2-. The molecule has 0 unspecified atom stereocenters. The minimum Gasteiger partial charge on any atom is -0.861 e. The van der Waals surface area contributed by atoms with Gasteiger partial charge in [-0.2, -0.15) is 0 Å². The number of rotatable bonds is 3. The second-order valence-electron chi connectivity index (χ2n) is 1.78. The van der Waals surface area contributed by atoms with Gasteiger partial charge in [-0.05, 0) is 19.7 Å². The second-order valence-corrected chi connectivity index (χ2v) is 1.78. The van der Waals surface area contributed by atoms with Gasteiger partial charge >= 0.3 is 0 Å². The molecule has 0 aromatic carbocycles. The van der Waals surface area contributed by atoms with Crippen LogP contribution in [0.5, 0.6) is 0 Å². The van der Waals surface area contributed by atoms with Crippen LogP contribution in [-0.2, 0) is 4.74 Å². The molecule has 3 heteroatoms. The van der Waals surface area contributed by atoms with Gasteiger partial charge in [-0.1, -0.05) is 0 Å². The zero-order chi connectivity index (χ0) is 6.57. The Kier molecular flexibility index (Phi) is 3.19. The van der Waals surface area contributed by atoms with Crippen molar-refractivity contribution < 1.29 is 9.84 Å². The van der Waals surface area contributed by atoms with E-state index < -0.39 is 5.90 Å². The van der Waals surface area contributed by atoms with Crippen molar-refractivity contribution in [2.75, 3.05) is 6.61 Å². The van der Waals surface area contributed by atoms with E-state index >= 15 is 0 Å². The molecule has 0 amide bonds. The molecule has 0 aliphatic carbocycles. The van der Waals surface area contributed by atoms with Gasteiger partial charge < -0.3 is 15.3 Å². The lowest BCUT2D eigenvalue weighted by Crippen LogP contribution is -2.23. The van der Waals surface area contributed by atoms with E-state index in [2.05, 4.69) is 0 Å². The van der Waals surface area contributed by atoms with Crippen LogP contribution in [-0.4, -0.2) is 18.6 Å². The van der Waals surface area contributed by atoms with E-state index in [4.69, 9.17) is 10.1 Å². The van der Waals surface area contributed by atoms with Crippen LogP contribution in [0.15, 0.2) is 0 Å². The van der Waals surface area contributed by atoms with Crippen LogP contribution in [0.2, 0.25) is 0 Å². The summed E-state index contributed by atoms with van der Waals surface area (Å²) < 4.78 is 4.77. The molecule has 0 aromatic rings. The lowest BCUT2D eigenvalue weighted by molar-refractivity contribution is -0.226. The maximum Gasteiger partial charge on any atom is 0.0744 e. The monoisotopic (exact) mass is 116 g/mol. The van der Waals surface area contributed by atoms with Crippen LogP contribution in [0.1, 0.15) is 13.8 Å². The average Bonchev–Trinajstić information content (AvgIpc) is 1.61. The summed E-state index contributed by atoms with van der Waals surface area (Å²) in [4.78, 5) is 0. The normalized spacial score (nSPS) is 9.88. The van der Waals surface area contributed by atoms with Gasteiger partial charge in [0.25, 0.3) is 0 Å². The molecule has 0 aliphatic heterocycles. The van der Waals surface area contributed by atoms with Gasteiger partial charge in [0, 0.05) is 0 Å². The van der Waals surface area contributed by atoms with E-state index in [0.29, 0.717) is 0 Å². The van der Waals surface area contributed by atoms with Crippen LogP contribution in [0, 0.1) is 5.41 Å². The fraction of sp³-hybridized carbons (Fsp3) is 0.800. The fourth-order valence-corrected chi connectivity index (χ4v) is 0.242. The van der Waals surface area contributed by atoms with Crippen LogP contribution in [0.3, 0.4) is 0 Å². The van der Waals surface area contributed by atoms with Gasteiger partial charge in [0.1, 0.15) is 0 Å². The lowest BCUT2D eigenvalue weighted by Gasteiger charge is -2.09. The van der Waals surface area contributed by atoms with Gasteiger partial charge in [-0.3, -0.25) is 0 Å². The summed E-state index contributed by atoms with van der Waals surface area (Å²) in [6.45, 7) is 3.56. The highest BCUT2D eigenvalue weighted by molar-refractivity contribution is 5.68. The number of hydrogen-bond acceptors (Lipinski definition) is 3. The summed E-state index contributed by atoms with van der Waals surface area (Å²) in [5.41, 5.74) is 0. The summed E-state index contributed by atoms with van der Waals surface area (Å²) in [5.74, 6) is -0.668. The fourth-order valence-electron chi connectivity index (χ4n) is 0.242. The third-order valence-electron chi connectivity index (χ3n) is 0.548. The molecule has 0 aliphatic rings. The number of hydrogen-bond donors (Lipinski definition) is 1. The van der Waals surface area contributed by atoms with Gasteiger partial charge in [-0.25, -0.2) is 0 Å². The molecule has 0 radical (unpaired) electrons. The van der Waals surface area contributed by atoms with Crippen molar-refractivity contribution in [2.24, 2.45) is 0 Å². The van der Waals surface area contributed by atoms with Crippen molar-refractivity contribution in [3.63, 3.8) is 0 Å². The van der Waals surface area contributed by atoms with Gasteiger partial charge in [0.15, 0.2) is 0 Å². The molecule has 0 bridgehead atoms. The van der Waals surface area contributed by atoms with Gasteiger partial charge in [0.2, 0.25) is 0 Å². The Hall–Kier alpha value is -0.570. The minimum atomic E-state index is -0.668. The molecule has 1 N–H and O–H groups in total. The lowest BCUT2D eigenvalue weighted by atomic mass is 10.5. The standard InChI is InChI=1S/C5H11NO2/c1-4(2)8-3-5(6)7/h4H,3H2,1-2H3,(H2,6,7)/p-1. The van der Waals surface area contributed by atoms with Crippen LogP contribution in [0.25, 0.3) is 0 Å². The number of nitrogens with one attached hydrogen (secondary N) is 1. The van der Waals surface area contributed by atoms with E-state index in [1.807, 2.05) is 13.8 Å². The predicted octanol–water partition coefficient (Wildman–Crippen LogP) is -0.251. The Morgan fingerprint density at radius 1 is 1.75 bits per heavy atom. The molecule has 0 atom stereocenters. The molecule has 0 rings (SSSR count). The summed E-state index contributed by atoms with van der Waals surface area (Å²) >= 11 is 0. The second kappa shape index (κ2) is 3.43. The third-order valence-corrected chi connectivity index (χ3v) is 0.548. The Morgan fingerprint density at radius 3 is 2.38 bits per heavy atom. The molecule has 0 fully saturated rings. The highest BCUT2D eigenvalue weighted by Gasteiger charge is 1.88. The van der Waals surface area contributed by atoms with Crippen molar-refractivity contribution in [3.8, 4) is 0 Å². The Morgan fingerprint density at radius 2 is 2.25 bits per heavy atom. The van der Waals surface area contributed by atoms with Crippen molar-refractivity contribution in [2.45, 2.75) is 20.0 Å². The third kappa shape index (κ3) is 5.43. The maximum absolute atomic E-state index is 9.89. The summed E-state index contributed by atoms with van der Waals surface area (Å²) in [6.07, 6.45) is 0.0456. The zero-order valence-electron chi connectivity index (χ0n) is 5.10. The molecule has 48 valence electrons. The first-order valence-corrected chi connectivity index (χ1v) is 2.49. The molecule has 0 saturated heterocycles. The summed E-state index contributed by atoms with van der Waals surface area (Å²) in [6, 6.07) is 0. The van der Waals surface area contributed by atoms with Gasteiger partial charge in [0.05, 0.1) is 12.7 Å². The van der Waals surface area contributed by atoms with E-state index in [-0.39, 0.29) is 12.7 Å². The molecule has 0 spiro atoms. The van der Waals surface area contributed by atoms with E-state index in [0.717, 1.165) is 0 Å². The molecule has 0 aromatic heterocycles. The van der Waals surface area contributed by atoms with Gasteiger partial charge in [-0.15, -0.1) is 0 Å². The van der Waals surface area contributed by atoms with E-state index in [9.17, 15) is 5.11 Å². The first-order chi connectivity index (χ1) is 3.63. The maximum atomic E-state index is 9.89. The van der Waals surface area contributed by atoms with Crippen molar-refractivity contribution in [1.29, 1.82) is 5.41 Å². The zero-order valence-corrected chi connectivity index (χ0v) is 5.10. The summed E-state index contributed by atoms with van der Waals surface area (Å²) in [5, 5.41) is 16.3. The SMILES string of the molecule is CC(C)OCC(=N)[O-]. The van der Waals surface area contributed by atoms with E-state index in [1.54, 1.807) is 0 Å². The molecule has 8 heavy (non-hydrogen) atoms. The molecule has 0 saturated carbocycles. The molecular weight excluding hydrogens is 106 g/mol. The Bertz CT molecular complexity index is 80.5. The molecule has 0 heterocycles. The van der Waals surface area contributed by atoms with E-state index in [1.165, 1.54) is 0 Å². The first-order valence-electron chi connectivity index (χ1n) is 2.49. The Labute approximate surface area is 48.8 Å². The summed E-state index contributed by atoms with van der Waals surface area (Å²) in [7, 11) is 0. The highest BCUT2D eigenvalue weighted by atomic mass is 16.5. The highest BCUT2D eigenvalue weighted by Crippen LogP contribution is 1.84.